The normalized spacial score (nSPS) is 13.0. The Morgan fingerprint density at radius 3 is 1.93 bits per heavy atom. The molecule has 1 N–H and O–H groups in total. The number of rotatable bonds is 11. The fourth-order valence-electron chi connectivity index (χ4n) is 1.19. The molecule has 0 spiro atoms. The van der Waals surface area contributed by atoms with Crippen molar-refractivity contribution in [3.05, 3.63) is 0 Å². The molecule has 1 atom stereocenters. The van der Waals surface area contributed by atoms with Gasteiger partial charge in [0.05, 0.1) is 13.2 Å². The fourth-order valence-corrected chi connectivity index (χ4v) is 1.19. The lowest BCUT2D eigenvalue weighted by Crippen LogP contribution is -2.22. The van der Waals surface area contributed by atoms with Gasteiger partial charge in [-0.1, -0.05) is 33.1 Å². The van der Waals surface area contributed by atoms with Crippen LogP contribution in [0.3, 0.4) is 0 Å². The summed E-state index contributed by atoms with van der Waals surface area (Å²) < 4.78 is 10.6. The molecule has 0 aliphatic carbocycles. The van der Waals surface area contributed by atoms with Gasteiger partial charge in [-0.25, -0.2) is 0 Å². The second-order valence-electron chi connectivity index (χ2n) is 3.86. The van der Waals surface area contributed by atoms with E-state index in [0.717, 1.165) is 32.5 Å². The average molecular weight is 218 g/mol. The van der Waals surface area contributed by atoms with Crippen molar-refractivity contribution in [2.45, 2.75) is 52.1 Å². The van der Waals surface area contributed by atoms with Crippen molar-refractivity contribution in [1.29, 1.82) is 0 Å². The molecule has 0 bridgehead atoms. The molecule has 1 unspecified atom stereocenters. The van der Waals surface area contributed by atoms with Gasteiger partial charge in [0.15, 0.2) is 0 Å². The third-order valence-electron chi connectivity index (χ3n) is 2.15. The summed E-state index contributed by atoms with van der Waals surface area (Å²) in [7, 11) is 0. The van der Waals surface area contributed by atoms with E-state index in [1.807, 2.05) is 0 Å². The van der Waals surface area contributed by atoms with Crippen LogP contribution < -0.4 is 0 Å². The highest BCUT2D eigenvalue weighted by Gasteiger charge is 2.03. The second kappa shape index (κ2) is 12.0. The highest BCUT2D eigenvalue weighted by molar-refractivity contribution is 4.51. The van der Waals surface area contributed by atoms with Crippen LogP contribution in [0.1, 0.15) is 46.0 Å². The van der Waals surface area contributed by atoms with E-state index in [1.54, 1.807) is 0 Å². The molecule has 0 aromatic heterocycles. The van der Waals surface area contributed by atoms with Crippen molar-refractivity contribution < 1.29 is 14.6 Å². The van der Waals surface area contributed by atoms with Gasteiger partial charge in [0.25, 0.3) is 0 Å². The van der Waals surface area contributed by atoms with Gasteiger partial charge >= 0.3 is 0 Å². The minimum Gasteiger partial charge on any atom is -0.388 e. The number of hydrogen-bond donors (Lipinski definition) is 1. The molecule has 0 fully saturated rings. The Morgan fingerprint density at radius 1 is 0.867 bits per heavy atom. The van der Waals surface area contributed by atoms with Crippen LogP contribution in [0.25, 0.3) is 0 Å². The zero-order chi connectivity index (χ0) is 11.4. The summed E-state index contributed by atoms with van der Waals surface area (Å²) in [6.07, 6.45) is 5.20. The molecule has 0 saturated carbocycles. The molecule has 0 aliphatic rings. The minimum absolute atomic E-state index is 0.397. The first-order chi connectivity index (χ1) is 7.31. The zero-order valence-electron chi connectivity index (χ0n) is 10.2. The maximum atomic E-state index is 9.46. The van der Waals surface area contributed by atoms with E-state index >= 15 is 0 Å². The molecular weight excluding hydrogens is 192 g/mol. The van der Waals surface area contributed by atoms with Crippen molar-refractivity contribution in [2.24, 2.45) is 0 Å². The average Bonchev–Trinajstić information content (AvgIpc) is 2.24. The summed E-state index contributed by atoms with van der Waals surface area (Å²) in [5.41, 5.74) is 0. The van der Waals surface area contributed by atoms with Crippen LogP contribution in [0, 0.1) is 0 Å². The SMILES string of the molecule is CCCCCOCC(O)COCCCC. The van der Waals surface area contributed by atoms with E-state index in [9.17, 15) is 5.11 Å². The fraction of sp³-hybridized carbons (Fsp3) is 1.00. The minimum atomic E-state index is -0.469. The quantitative estimate of drug-likeness (QED) is 0.541. The molecule has 0 aromatic rings. The maximum absolute atomic E-state index is 9.46. The molecule has 0 heterocycles. The molecule has 0 radical (unpaired) electrons. The smallest absolute Gasteiger partial charge is 0.101 e. The standard InChI is InChI=1S/C12H26O3/c1-3-5-7-9-15-11-12(13)10-14-8-6-4-2/h12-13H,3-11H2,1-2H3. The van der Waals surface area contributed by atoms with Gasteiger partial charge in [0, 0.05) is 13.2 Å². The van der Waals surface area contributed by atoms with Gasteiger partial charge in [-0.15, -0.1) is 0 Å². The first kappa shape index (κ1) is 14.9. The van der Waals surface area contributed by atoms with Gasteiger partial charge in [-0.05, 0) is 12.8 Å². The van der Waals surface area contributed by atoms with Crippen LogP contribution in [-0.2, 0) is 9.47 Å². The van der Waals surface area contributed by atoms with Gasteiger partial charge in [-0.2, -0.15) is 0 Å². The molecule has 0 rings (SSSR count). The van der Waals surface area contributed by atoms with Crippen LogP contribution in [0.5, 0.6) is 0 Å². The highest BCUT2D eigenvalue weighted by Crippen LogP contribution is 1.96. The van der Waals surface area contributed by atoms with E-state index in [1.165, 1.54) is 12.8 Å². The first-order valence-electron chi connectivity index (χ1n) is 6.14. The second-order valence-corrected chi connectivity index (χ2v) is 3.86. The number of ether oxygens (including phenoxy) is 2. The molecule has 0 aliphatic heterocycles. The summed E-state index contributed by atoms with van der Waals surface area (Å²) in [6, 6.07) is 0. The number of hydrogen-bond acceptors (Lipinski definition) is 3. The van der Waals surface area contributed by atoms with Crippen LogP contribution in [0.4, 0.5) is 0 Å². The van der Waals surface area contributed by atoms with Gasteiger partial charge in [0.2, 0.25) is 0 Å². The Hall–Kier alpha value is -0.120. The molecule has 92 valence electrons. The van der Waals surface area contributed by atoms with Crippen LogP contribution >= 0.6 is 0 Å². The summed E-state index contributed by atoms with van der Waals surface area (Å²) in [5.74, 6) is 0. The molecule has 0 saturated heterocycles. The topological polar surface area (TPSA) is 38.7 Å². The lowest BCUT2D eigenvalue weighted by atomic mass is 10.3. The molecule has 15 heavy (non-hydrogen) atoms. The van der Waals surface area contributed by atoms with E-state index in [4.69, 9.17) is 9.47 Å². The number of aliphatic hydroxyl groups is 1. The molecule has 0 amide bonds. The summed E-state index contributed by atoms with van der Waals surface area (Å²) in [5, 5.41) is 9.46. The predicted molar refractivity (Wildman–Crippen MR) is 62.1 cm³/mol. The van der Waals surface area contributed by atoms with E-state index in [0.29, 0.717) is 13.2 Å². The van der Waals surface area contributed by atoms with Crippen molar-refractivity contribution in [2.75, 3.05) is 26.4 Å². The Kier molecular flexibility index (Phi) is 11.9. The van der Waals surface area contributed by atoms with Gasteiger partial charge in [0.1, 0.15) is 6.10 Å². The van der Waals surface area contributed by atoms with E-state index in [2.05, 4.69) is 13.8 Å². The third kappa shape index (κ3) is 11.8. The largest absolute Gasteiger partial charge is 0.388 e. The van der Waals surface area contributed by atoms with Crippen molar-refractivity contribution in [3.8, 4) is 0 Å². The van der Waals surface area contributed by atoms with Crippen molar-refractivity contribution in [3.63, 3.8) is 0 Å². The van der Waals surface area contributed by atoms with Crippen LogP contribution in [-0.4, -0.2) is 37.6 Å². The summed E-state index contributed by atoms with van der Waals surface area (Å²) in [6.45, 7) is 6.57. The molecule has 3 heteroatoms. The van der Waals surface area contributed by atoms with Crippen molar-refractivity contribution in [1.82, 2.24) is 0 Å². The predicted octanol–water partition coefficient (Wildman–Crippen LogP) is 2.37. The van der Waals surface area contributed by atoms with Crippen molar-refractivity contribution >= 4 is 0 Å². The van der Waals surface area contributed by atoms with E-state index < -0.39 is 6.10 Å². The van der Waals surface area contributed by atoms with Crippen LogP contribution in [0.2, 0.25) is 0 Å². The van der Waals surface area contributed by atoms with Crippen LogP contribution in [0.15, 0.2) is 0 Å². The van der Waals surface area contributed by atoms with E-state index in [-0.39, 0.29) is 0 Å². The Morgan fingerprint density at radius 2 is 1.40 bits per heavy atom. The third-order valence-corrected chi connectivity index (χ3v) is 2.15. The molecule has 0 aromatic carbocycles. The summed E-state index contributed by atoms with van der Waals surface area (Å²) in [4.78, 5) is 0. The van der Waals surface area contributed by atoms with Gasteiger partial charge in [-0.3, -0.25) is 0 Å². The Balaban J connectivity index is 3.08. The Labute approximate surface area is 93.8 Å². The lowest BCUT2D eigenvalue weighted by molar-refractivity contribution is -0.0198. The lowest BCUT2D eigenvalue weighted by Gasteiger charge is -2.11. The number of aliphatic hydroxyl groups excluding tert-OH is 1. The molecule has 3 nitrogen and oxygen atoms in total. The maximum Gasteiger partial charge on any atom is 0.101 e. The number of unbranched alkanes of at least 4 members (excludes halogenated alkanes) is 3. The highest BCUT2D eigenvalue weighted by atomic mass is 16.5. The first-order valence-corrected chi connectivity index (χ1v) is 6.14. The molecular formula is C12H26O3. The Bertz CT molecular complexity index is 117. The van der Waals surface area contributed by atoms with Gasteiger partial charge < -0.3 is 14.6 Å². The monoisotopic (exact) mass is 218 g/mol. The zero-order valence-corrected chi connectivity index (χ0v) is 10.2. The summed E-state index contributed by atoms with van der Waals surface area (Å²) >= 11 is 0.